The summed E-state index contributed by atoms with van der Waals surface area (Å²) in [6.07, 6.45) is 0.902. The minimum atomic E-state index is -0.880. The van der Waals surface area contributed by atoms with E-state index in [9.17, 15) is 4.21 Å². The van der Waals surface area contributed by atoms with E-state index in [1.54, 1.807) is 20.3 Å². The lowest BCUT2D eigenvalue weighted by atomic mass is 10.1. The van der Waals surface area contributed by atoms with Crippen LogP contribution in [0.3, 0.4) is 0 Å². The molecule has 2 atom stereocenters. The number of ether oxygens (including phenoxy) is 2. The van der Waals surface area contributed by atoms with E-state index in [4.69, 9.17) is 15.2 Å². The molecule has 4 nitrogen and oxygen atoms in total. The quantitative estimate of drug-likeness (QED) is 0.822. The lowest BCUT2D eigenvalue weighted by Crippen LogP contribution is -2.20. The van der Waals surface area contributed by atoms with Gasteiger partial charge in [0.1, 0.15) is 11.5 Å². The second-order valence-corrected chi connectivity index (χ2v) is 5.65. The van der Waals surface area contributed by atoms with Gasteiger partial charge in [-0.3, -0.25) is 4.21 Å². The number of hydrogen-bond donors (Lipinski definition) is 1. The van der Waals surface area contributed by atoms with Crippen molar-refractivity contribution >= 4 is 10.8 Å². The molecule has 0 heterocycles. The Morgan fingerprint density at radius 2 is 2.06 bits per heavy atom. The molecular weight excluding hydrogens is 250 g/mol. The molecule has 0 amide bonds. The molecule has 0 saturated heterocycles. The molecule has 0 spiro atoms. The van der Waals surface area contributed by atoms with E-state index in [0.717, 1.165) is 17.7 Å². The fraction of sp³-hybridized carbons (Fsp3) is 0.538. The summed E-state index contributed by atoms with van der Waals surface area (Å²) in [6, 6.07) is 5.21. The van der Waals surface area contributed by atoms with Crippen LogP contribution in [0.2, 0.25) is 0 Å². The van der Waals surface area contributed by atoms with E-state index < -0.39 is 10.8 Å². The largest absolute Gasteiger partial charge is 0.497 e. The third kappa shape index (κ3) is 3.99. The average Bonchev–Trinajstić information content (AvgIpc) is 2.38. The predicted octanol–water partition coefficient (Wildman–Crippen LogP) is 1.86. The Morgan fingerprint density at radius 1 is 1.33 bits per heavy atom. The Bertz CT molecular complexity index is 409. The lowest BCUT2D eigenvalue weighted by Gasteiger charge is -2.16. The summed E-state index contributed by atoms with van der Waals surface area (Å²) in [5.41, 5.74) is 6.94. The maximum absolute atomic E-state index is 11.7. The molecule has 5 heteroatoms. The van der Waals surface area contributed by atoms with Crippen LogP contribution in [0.15, 0.2) is 18.2 Å². The van der Waals surface area contributed by atoms with E-state index in [-0.39, 0.29) is 6.04 Å². The van der Waals surface area contributed by atoms with Crippen molar-refractivity contribution < 1.29 is 13.7 Å². The first-order valence-corrected chi connectivity index (χ1v) is 7.43. The van der Waals surface area contributed by atoms with E-state index in [2.05, 4.69) is 0 Å². The summed E-state index contributed by atoms with van der Waals surface area (Å²) in [6.45, 7) is 2.01. The molecule has 0 bridgehead atoms. The van der Waals surface area contributed by atoms with Crippen LogP contribution in [0.5, 0.6) is 11.5 Å². The van der Waals surface area contributed by atoms with Crippen LogP contribution < -0.4 is 15.2 Å². The molecule has 0 radical (unpaired) electrons. The SMILES string of the molecule is CCCS(=O)CC(N)c1ccc(OC)cc1OC. The van der Waals surface area contributed by atoms with Crippen molar-refractivity contribution in [3.8, 4) is 11.5 Å². The summed E-state index contributed by atoms with van der Waals surface area (Å²) in [4.78, 5) is 0. The molecule has 102 valence electrons. The van der Waals surface area contributed by atoms with Crippen LogP contribution >= 0.6 is 0 Å². The van der Waals surface area contributed by atoms with Gasteiger partial charge in [0.15, 0.2) is 0 Å². The van der Waals surface area contributed by atoms with Gasteiger partial charge < -0.3 is 15.2 Å². The highest BCUT2D eigenvalue weighted by Gasteiger charge is 2.15. The molecule has 18 heavy (non-hydrogen) atoms. The van der Waals surface area contributed by atoms with Gasteiger partial charge in [0.2, 0.25) is 0 Å². The molecule has 0 fully saturated rings. The van der Waals surface area contributed by atoms with E-state index in [0.29, 0.717) is 17.3 Å². The Balaban J connectivity index is 2.84. The van der Waals surface area contributed by atoms with Gasteiger partial charge in [-0.1, -0.05) is 13.0 Å². The molecule has 0 aliphatic heterocycles. The summed E-state index contributed by atoms with van der Waals surface area (Å²) >= 11 is 0. The number of nitrogens with two attached hydrogens (primary N) is 1. The summed E-state index contributed by atoms with van der Waals surface area (Å²) in [7, 11) is 2.31. The molecular formula is C13H21NO3S. The Kier molecular flexibility index (Phi) is 6.15. The maximum Gasteiger partial charge on any atom is 0.127 e. The van der Waals surface area contributed by atoms with Crippen LogP contribution in [0.4, 0.5) is 0 Å². The van der Waals surface area contributed by atoms with Crippen molar-refractivity contribution in [2.24, 2.45) is 5.73 Å². The number of methoxy groups -OCH3 is 2. The Labute approximate surface area is 111 Å². The fourth-order valence-corrected chi connectivity index (χ4v) is 2.93. The summed E-state index contributed by atoms with van der Waals surface area (Å²) in [5.74, 6) is 2.54. The zero-order valence-corrected chi connectivity index (χ0v) is 12.0. The molecule has 0 aliphatic carbocycles. The van der Waals surface area contributed by atoms with Crippen molar-refractivity contribution in [3.63, 3.8) is 0 Å². The van der Waals surface area contributed by atoms with Crippen LogP contribution in [0.1, 0.15) is 24.9 Å². The van der Waals surface area contributed by atoms with Crippen LogP contribution in [0, 0.1) is 0 Å². The first-order valence-electron chi connectivity index (χ1n) is 5.94. The first-order chi connectivity index (χ1) is 8.62. The zero-order chi connectivity index (χ0) is 13.5. The highest BCUT2D eigenvalue weighted by atomic mass is 32.2. The van der Waals surface area contributed by atoms with Gasteiger partial charge >= 0.3 is 0 Å². The number of benzene rings is 1. The molecule has 0 saturated carbocycles. The van der Waals surface area contributed by atoms with Crippen molar-refractivity contribution in [2.75, 3.05) is 25.7 Å². The standard InChI is InChI=1S/C13H21NO3S/c1-4-7-18(15)9-12(14)11-6-5-10(16-2)8-13(11)17-3/h5-6,8,12H,4,7,9,14H2,1-3H3. The minimum absolute atomic E-state index is 0.279. The topological polar surface area (TPSA) is 61.6 Å². The van der Waals surface area contributed by atoms with Gasteiger partial charge in [-0.2, -0.15) is 0 Å². The van der Waals surface area contributed by atoms with Crippen molar-refractivity contribution in [1.29, 1.82) is 0 Å². The number of rotatable bonds is 7. The molecule has 2 unspecified atom stereocenters. The second-order valence-electron chi connectivity index (χ2n) is 4.02. The molecule has 2 N–H and O–H groups in total. The van der Waals surface area contributed by atoms with Crippen LogP contribution in [0.25, 0.3) is 0 Å². The summed E-state index contributed by atoms with van der Waals surface area (Å²) < 4.78 is 22.1. The van der Waals surface area contributed by atoms with Crippen molar-refractivity contribution in [1.82, 2.24) is 0 Å². The van der Waals surface area contributed by atoms with Gasteiger partial charge in [-0.15, -0.1) is 0 Å². The maximum atomic E-state index is 11.7. The van der Waals surface area contributed by atoms with Crippen molar-refractivity contribution in [2.45, 2.75) is 19.4 Å². The van der Waals surface area contributed by atoms with Gasteiger partial charge in [-0.05, 0) is 12.5 Å². The van der Waals surface area contributed by atoms with Crippen LogP contribution in [-0.4, -0.2) is 29.9 Å². The van der Waals surface area contributed by atoms with Gasteiger partial charge in [0.05, 0.1) is 14.2 Å². The minimum Gasteiger partial charge on any atom is -0.497 e. The normalized spacial score (nSPS) is 14.0. The van der Waals surface area contributed by atoms with E-state index in [1.165, 1.54) is 0 Å². The molecule has 0 aliphatic rings. The van der Waals surface area contributed by atoms with E-state index >= 15 is 0 Å². The average molecular weight is 271 g/mol. The Morgan fingerprint density at radius 3 is 2.61 bits per heavy atom. The molecule has 1 aromatic carbocycles. The highest BCUT2D eigenvalue weighted by molar-refractivity contribution is 7.85. The third-order valence-corrected chi connectivity index (χ3v) is 4.23. The smallest absolute Gasteiger partial charge is 0.127 e. The lowest BCUT2D eigenvalue weighted by molar-refractivity contribution is 0.389. The molecule has 1 aromatic rings. The highest BCUT2D eigenvalue weighted by Crippen LogP contribution is 2.28. The molecule has 1 rings (SSSR count). The first kappa shape index (κ1) is 15.0. The van der Waals surface area contributed by atoms with Gasteiger partial charge in [0, 0.05) is 40.0 Å². The third-order valence-electron chi connectivity index (χ3n) is 2.64. The molecule has 0 aromatic heterocycles. The van der Waals surface area contributed by atoms with Crippen LogP contribution in [-0.2, 0) is 10.8 Å². The van der Waals surface area contributed by atoms with Gasteiger partial charge in [-0.25, -0.2) is 0 Å². The van der Waals surface area contributed by atoms with Crippen molar-refractivity contribution in [3.05, 3.63) is 23.8 Å². The number of hydrogen-bond acceptors (Lipinski definition) is 4. The second kappa shape index (κ2) is 7.38. The summed E-state index contributed by atoms with van der Waals surface area (Å²) in [5, 5.41) is 0. The monoisotopic (exact) mass is 271 g/mol. The van der Waals surface area contributed by atoms with E-state index in [1.807, 2.05) is 19.1 Å². The zero-order valence-electron chi connectivity index (χ0n) is 11.1. The fourth-order valence-electron chi connectivity index (χ4n) is 1.73. The Hall–Kier alpha value is -1.07. The predicted molar refractivity (Wildman–Crippen MR) is 74.6 cm³/mol. The van der Waals surface area contributed by atoms with Gasteiger partial charge in [0.25, 0.3) is 0 Å².